The van der Waals surface area contributed by atoms with Gasteiger partial charge in [0, 0.05) is 6.61 Å². The van der Waals surface area contributed by atoms with Crippen LogP contribution in [0, 0.1) is 17.8 Å². The van der Waals surface area contributed by atoms with Crippen molar-refractivity contribution in [3.8, 4) is 0 Å². The second kappa shape index (κ2) is 3.00. The number of hydrogen-bond acceptors (Lipinski definition) is 2. The minimum absolute atomic E-state index is 0.311. The standard InChI is InChI=1S/C10H18O2/c1-6-3-4-8(7(2)5-11)10-9(6)12-10/h6-11H,3-5H2,1-2H3. The molecule has 5 unspecified atom stereocenters. The van der Waals surface area contributed by atoms with Crippen LogP contribution in [0.1, 0.15) is 26.7 Å². The van der Waals surface area contributed by atoms with Crippen LogP contribution in [0.15, 0.2) is 0 Å². The van der Waals surface area contributed by atoms with Crippen LogP contribution in [0.5, 0.6) is 0 Å². The fourth-order valence-electron chi connectivity index (χ4n) is 2.47. The highest BCUT2D eigenvalue weighted by Gasteiger charge is 2.51. The number of rotatable bonds is 2. The van der Waals surface area contributed by atoms with Gasteiger partial charge in [-0.2, -0.15) is 0 Å². The number of ether oxygens (including phenoxy) is 1. The first-order valence-electron chi connectivity index (χ1n) is 5.00. The van der Waals surface area contributed by atoms with E-state index in [0.717, 1.165) is 5.92 Å². The van der Waals surface area contributed by atoms with Crippen molar-refractivity contribution in [2.75, 3.05) is 6.61 Å². The maximum Gasteiger partial charge on any atom is 0.0876 e. The first kappa shape index (κ1) is 8.52. The normalized spacial score (nSPS) is 48.2. The molecule has 0 amide bonds. The van der Waals surface area contributed by atoms with Gasteiger partial charge in [0.15, 0.2) is 0 Å². The fraction of sp³-hybridized carbons (Fsp3) is 1.00. The van der Waals surface area contributed by atoms with Crippen molar-refractivity contribution in [2.45, 2.75) is 38.9 Å². The first-order chi connectivity index (χ1) is 5.74. The predicted octanol–water partition coefficient (Wildman–Crippen LogP) is 1.43. The summed E-state index contributed by atoms with van der Waals surface area (Å²) in [6.07, 6.45) is 3.52. The summed E-state index contributed by atoms with van der Waals surface area (Å²) >= 11 is 0. The van der Waals surface area contributed by atoms with Gasteiger partial charge in [0.1, 0.15) is 0 Å². The maximum atomic E-state index is 9.03. The third-order valence-corrected chi connectivity index (χ3v) is 3.52. The van der Waals surface area contributed by atoms with E-state index in [4.69, 9.17) is 9.84 Å². The summed E-state index contributed by atoms with van der Waals surface area (Å²) in [5, 5.41) is 9.03. The van der Waals surface area contributed by atoms with E-state index in [1.807, 2.05) is 0 Å². The summed E-state index contributed by atoms with van der Waals surface area (Å²) in [5.41, 5.74) is 0. The van der Waals surface area contributed by atoms with Crippen LogP contribution in [0.2, 0.25) is 0 Å². The Balaban J connectivity index is 1.94. The van der Waals surface area contributed by atoms with Crippen LogP contribution in [0.25, 0.3) is 0 Å². The van der Waals surface area contributed by atoms with Crippen LogP contribution in [0.3, 0.4) is 0 Å². The first-order valence-corrected chi connectivity index (χ1v) is 5.00. The lowest BCUT2D eigenvalue weighted by Crippen LogP contribution is -2.28. The molecule has 1 aliphatic heterocycles. The Labute approximate surface area is 73.9 Å². The Kier molecular flexibility index (Phi) is 2.13. The zero-order chi connectivity index (χ0) is 8.72. The van der Waals surface area contributed by atoms with Crippen LogP contribution in [-0.2, 0) is 4.74 Å². The van der Waals surface area contributed by atoms with E-state index in [2.05, 4.69) is 13.8 Å². The molecule has 0 aromatic carbocycles. The minimum Gasteiger partial charge on any atom is -0.396 e. The molecule has 2 fully saturated rings. The van der Waals surface area contributed by atoms with Crippen LogP contribution >= 0.6 is 0 Å². The monoisotopic (exact) mass is 170 g/mol. The molecule has 5 atom stereocenters. The third-order valence-electron chi connectivity index (χ3n) is 3.52. The number of hydrogen-bond donors (Lipinski definition) is 1. The largest absolute Gasteiger partial charge is 0.396 e. The maximum absolute atomic E-state index is 9.03. The van der Waals surface area contributed by atoms with Crippen molar-refractivity contribution in [1.29, 1.82) is 0 Å². The van der Waals surface area contributed by atoms with Gasteiger partial charge in [0.05, 0.1) is 12.2 Å². The van der Waals surface area contributed by atoms with E-state index >= 15 is 0 Å². The Morgan fingerprint density at radius 3 is 2.83 bits per heavy atom. The second-order valence-electron chi connectivity index (χ2n) is 4.44. The van der Waals surface area contributed by atoms with E-state index in [1.54, 1.807) is 0 Å². The summed E-state index contributed by atoms with van der Waals surface area (Å²) in [5.74, 6) is 1.79. The molecule has 70 valence electrons. The van der Waals surface area contributed by atoms with Crippen molar-refractivity contribution in [3.63, 3.8) is 0 Å². The van der Waals surface area contributed by atoms with Gasteiger partial charge >= 0.3 is 0 Å². The van der Waals surface area contributed by atoms with E-state index < -0.39 is 0 Å². The molecule has 0 spiro atoms. The molecule has 0 radical (unpaired) electrons. The van der Waals surface area contributed by atoms with Gasteiger partial charge in [-0.05, 0) is 30.6 Å². The lowest BCUT2D eigenvalue weighted by Gasteiger charge is -2.26. The van der Waals surface area contributed by atoms with Crippen LogP contribution in [0.4, 0.5) is 0 Å². The topological polar surface area (TPSA) is 32.8 Å². The average molecular weight is 170 g/mol. The van der Waals surface area contributed by atoms with Gasteiger partial charge in [-0.25, -0.2) is 0 Å². The Bertz CT molecular complexity index is 169. The van der Waals surface area contributed by atoms with E-state index in [0.29, 0.717) is 30.7 Å². The molecule has 12 heavy (non-hydrogen) atoms. The molecule has 2 aliphatic rings. The second-order valence-corrected chi connectivity index (χ2v) is 4.44. The number of fused-ring (bicyclic) bond motifs is 1. The average Bonchev–Trinajstić information content (AvgIpc) is 2.84. The molecule has 0 aromatic heterocycles. The molecule has 2 heteroatoms. The van der Waals surface area contributed by atoms with Gasteiger partial charge < -0.3 is 9.84 Å². The zero-order valence-electron chi connectivity index (χ0n) is 7.86. The summed E-state index contributed by atoms with van der Waals surface area (Å²) in [4.78, 5) is 0. The number of aliphatic hydroxyl groups excluding tert-OH is 1. The number of epoxide rings is 1. The van der Waals surface area contributed by atoms with Crippen LogP contribution < -0.4 is 0 Å². The highest BCUT2D eigenvalue weighted by Crippen LogP contribution is 2.46. The van der Waals surface area contributed by atoms with Gasteiger partial charge in [0.2, 0.25) is 0 Å². The Hall–Kier alpha value is -0.0800. The van der Waals surface area contributed by atoms with E-state index in [9.17, 15) is 0 Å². The van der Waals surface area contributed by atoms with Gasteiger partial charge in [-0.3, -0.25) is 0 Å². The third kappa shape index (κ3) is 1.27. The molecule has 1 aliphatic carbocycles. The molecular formula is C10H18O2. The van der Waals surface area contributed by atoms with E-state index in [-0.39, 0.29) is 0 Å². The van der Waals surface area contributed by atoms with Crippen molar-refractivity contribution >= 4 is 0 Å². The smallest absolute Gasteiger partial charge is 0.0876 e. The molecule has 1 N–H and O–H groups in total. The molecule has 1 saturated carbocycles. The molecule has 2 rings (SSSR count). The molecule has 2 nitrogen and oxygen atoms in total. The Morgan fingerprint density at radius 2 is 2.17 bits per heavy atom. The molecule has 0 bridgehead atoms. The highest BCUT2D eigenvalue weighted by molar-refractivity contribution is 4.99. The zero-order valence-corrected chi connectivity index (χ0v) is 7.86. The summed E-state index contributed by atoms with van der Waals surface area (Å²) < 4.78 is 5.61. The fourth-order valence-corrected chi connectivity index (χ4v) is 2.47. The molecule has 1 heterocycles. The van der Waals surface area contributed by atoms with Crippen molar-refractivity contribution in [1.82, 2.24) is 0 Å². The van der Waals surface area contributed by atoms with Crippen LogP contribution in [-0.4, -0.2) is 23.9 Å². The summed E-state index contributed by atoms with van der Waals surface area (Å²) in [6.45, 7) is 4.70. The molecular weight excluding hydrogens is 152 g/mol. The van der Waals surface area contributed by atoms with Crippen molar-refractivity contribution < 1.29 is 9.84 Å². The summed E-state index contributed by atoms with van der Waals surface area (Å²) in [7, 11) is 0. The predicted molar refractivity (Wildman–Crippen MR) is 46.8 cm³/mol. The molecule has 0 aromatic rings. The van der Waals surface area contributed by atoms with Crippen molar-refractivity contribution in [2.24, 2.45) is 17.8 Å². The van der Waals surface area contributed by atoms with Gasteiger partial charge in [0.25, 0.3) is 0 Å². The lowest BCUT2D eigenvalue weighted by atomic mass is 9.77. The van der Waals surface area contributed by atoms with E-state index in [1.165, 1.54) is 12.8 Å². The number of aliphatic hydroxyl groups is 1. The minimum atomic E-state index is 0.311. The highest BCUT2D eigenvalue weighted by atomic mass is 16.6. The van der Waals surface area contributed by atoms with Gasteiger partial charge in [-0.1, -0.05) is 13.8 Å². The SMILES string of the molecule is CC(CO)C1CCC(C)C2OC12. The summed E-state index contributed by atoms with van der Waals surface area (Å²) in [6, 6.07) is 0. The Morgan fingerprint density at radius 1 is 1.42 bits per heavy atom. The molecule has 1 saturated heterocycles. The van der Waals surface area contributed by atoms with Crippen molar-refractivity contribution in [3.05, 3.63) is 0 Å². The lowest BCUT2D eigenvalue weighted by molar-refractivity contribution is 0.153. The quantitative estimate of drug-likeness (QED) is 0.636. The van der Waals surface area contributed by atoms with Gasteiger partial charge in [-0.15, -0.1) is 0 Å².